The van der Waals surface area contributed by atoms with Crippen LogP contribution < -0.4 is 0 Å². The van der Waals surface area contributed by atoms with E-state index in [9.17, 15) is 18.5 Å². The van der Waals surface area contributed by atoms with Crippen molar-refractivity contribution in [2.45, 2.75) is 51.6 Å². The summed E-state index contributed by atoms with van der Waals surface area (Å²) in [6.45, 7) is 7.90. The van der Waals surface area contributed by atoms with Crippen molar-refractivity contribution in [2.75, 3.05) is 6.54 Å². The minimum atomic E-state index is -1.42. The van der Waals surface area contributed by atoms with Gasteiger partial charge in [0.2, 0.25) is 0 Å². The average molecular weight is 401 g/mol. The Labute approximate surface area is 162 Å². The van der Waals surface area contributed by atoms with Gasteiger partial charge in [-0.3, -0.25) is 9.69 Å². The van der Waals surface area contributed by atoms with Gasteiger partial charge >= 0.3 is 6.09 Å². The van der Waals surface area contributed by atoms with Gasteiger partial charge in [0.05, 0.1) is 13.1 Å². The lowest BCUT2D eigenvalue weighted by Gasteiger charge is -2.28. The Morgan fingerprint density at radius 1 is 1.41 bits per heavy atom. The van der Waals surface area contributed by atoms with Crippen LogP contribution >= 0.6 is 11.6 Å². The van der Waals surface area contributed by atoms with Gasteiger partial charge in [0, 0.05) is 11.4 Å². The number of likely N-dealkylation sites (tertiary alicyclic amines) is 1. The second-order valence-electron chi connectivity index (χ2n) is 7.44. The molecule has 2 atom stereocenters. The molecule has 1 heterocycles. The normalized spacial score (nSPS) is 19.7. The van der Waals surface area contributed by atoms with Gasteiger partial charge in [-0.25, -0.2) is 9.18 Å². The molecule has 148 valence electrons. The van der Waals surface area contributed by atoms with Gasteiger partial charge in [0.25, 0.3) is 5.91 Å². The van der Waals surface area contributed by atoms with E-state index in [-0.39, 0.29) is 24.6 Å². The zero-order valence-corrected chi connectivity index (χ0v) is 16.3. The molecule has 8 heteroatoms. The van der Waals surface area contributed by atoms with Crippen molar-refractivity contribution in [3.8, 4) is 0 Å². The smallest absolute Gasteiger partial charge is 0.411 e. The number of carbonyl (C=O) groups excluding carboxylic acids is 2. The molecule has 0 aliphatic carbocycles. The summed E-state index contributed by atoms with van der Waals surface area (Å²) in [5.74, 6) is -0.999. The molecule has 2 amide bonds. The fourth-order valence-electron chi connectivity index (χ4n) is 2.83. The number of ether oxygens (including phenoxy) is 1. The lowest BCUT2D eigenvalue weighted by atomic mass is 10.1. The number of alkyl halides is 1. The van der Waals surface area contributed by atoms with Crippen LogP contribution in [0.4, 0.5) is 13.7 Å². The van der Waals surface area contributed by atoms with Crippen LogP contribution in [-0.4, -0.2) is 46.4 Å². The highest BCUT2D eigenvalue weighted by Crippen LogP contribution is 2.26. The predicted octanol–water partition coefficient (Wildman–Crippen LogP) is 4.54. The van der Waals surface area contributed by atoms with Gasteiger partial charge in [-0.2, -0.15) is 5.12 Å². The molecule has 1 fully saturated rings. The van der Waals surface area contributed by atoms with Gasteiger partial charge in [0.1, 0.15) is 17.8 Å². The first kappa shape index (κ1) is 21.2. The molecular weight excluding hydrogens is 378 g/mol. The van der Waals surface area contributed by atoms with Crippen molar-refractivity contribution in [2.24, 2.45) is 0 Å². The van der Waals surface area contributed by atoms with Gasteiger partial charge in [0.15, 0.2) is 0 Å². The van der Waals surface area contributed by atoms with E-state index in [1.54, 1.807) is 39.0 Å². The van der Waals surface area contributed by atoms with Crippen LogP contribution in [0.1, 0.15) is 38.3 Å². The van der Waals surface area contributed by atoms with E-state index < -0.39 is 29.8 Å². The Balaban J connectivity index is 2.13. The van der Waals surface area contributed by atoms with E-state index >= 15 is 0 Å². The maximum atomic E-state index is 14.5. The summed E-state index contributed by atoms with van der Waals surface area (Å²) in [6.07, 6.45) is -0.981. The van der Waals surface area contributed by atoms with Crippen LogP contribution in [-0.2, 0) is 16.1 Å². The van der Waals surface area contributed by atoms with E-state index in [1.165, 1.54) is 6.07 Å². The van der Waals surface area contributed by atoms with Crippen molar-refractivity contribution in [1.29, 1.82) is 0 Å². The lowest BCUT2D eigenvalue weighted by Crippen LogP contribution is -2.47. The first-order valence-corrected chi connectivity index (χ1v) is 8.90. The fourth-order valence-corrected chi connectivity index (χ4v) is 3.09. The summed E-state index contributed by atoms with van der Waals surface area (Å²) >= 11 is 5.97. The van der Waals surface area contributed by atoms with Crippen LogP contribution in [0.5, 0.6) is 0 Å². The molecule has 27 heavy (non-hydrogen) atoms. The van der Waals surface area contributed by atoms with Crippen molar-refractivity contribution < 1.29 is 23.2 Å². The maximum Gasteiger partial charge on any atom is 0.411 e. The molecule has 0 aromatic heterocycles. The highest BCUT2D eigenvalue weighted by molar-refractivity contribution is 6.30. The largest absolute Gasteiger partial charge is 0.444 e. The lowest BCUT2D eigenvalue weighted by molar-refractivity contribution is -0.152. The predicted molar refractivity (Wildman–Crippen MR) is 99.4 cm³/mol. The molecular formula is C19H23ClF2N2O3. The third kappa shape index (κ3) is 5.66. The number of amides is 2. The molecule has 1 aliphatic rings. The van der Waals surface area contributed by atoms with Crippen molar-refractivity contribution in [1.82, 2.24) is 10.0 Å². The minimum Gasteiger partial charge on any atom is -0.444 e. The van der Waals surface area contributed by atoms with Crippen molar-refractivity contribution in [3.63, 3.8) is 0 Å². The summed E-state index contributed by atoms with van der Waals surface area (Å²) in [7, 11) is 0. The van der Waals surface area contributed by atoms with Gasteiger partial charge in [-0.15, -0.1) is 0 Å². The number of benzene rings is 1. The molecule has 0 saturated carbocycles. The Kier molecular flexibility index (Phi) is 6.46. The van der Waals surface area contributed by atoms with Gasteiger partial charge in [-0.05, 0) is 50.1 Å². The molecule has 0 bridgehead atoms. The minimum absolute atomic E-state index is 0.0292. The third-order valence-corrected chi connectivity index (χ3v) is 4.16. The Hall–Kier alpha value is -2.15. The quantitative estimate of drug-likeness (QED) is 0.697. The van der Waals surface area contributed by atoms with E-state index in [1.807, 2.05) is 0 Å². The number of hydrogen-bond donors (Lipinski definition) is 0. The molecule has 1 aromatic rings. The molecule has 1 aromatic carbocycles. The number of halogens is 3. The second kappa shape index (κ2) is 8.25. The van der Waals surface area contributed by atoms with E-state index in [2.05, 4.69) is 6.58 Å². The fraction of sp³-hybridized carbons (Fsp3) is 0.474. The van der Waals surface area contributed by atoms with Crippen LogP contribution in [0.25, 0.3) is 6.08 Å². The van der Waals surface area contributed by atoms with Crippen molar-refractivity contribution >= 4 is 29.7 Å². The van der Waals surface area contributed by atoms with E-state index in [0.717, 1.165) is 4.90 Å². The summed E-state index contributed by atoms with van der Waals surface area (Å²) in [6, 6.07) is 3.55. The average Bonchev–Trinajstić information content (AvgIpc) is 2.93. The SMILES string of the molecule is C=Cc1cc(Cl)cc(CN(F)C(=O)[C@@H]2C[C@@H](F)CN2C(=O)OC(C)(C)C)c1. The Morgan fingerprint density at radius 3 is 2.67 bits per heavy atom. The van der Waals surface area contributed by atoms with Crippen LogP contribution in [0.2, 0.25) is 5.02 Å². The number of carbonyl (C=O) groups is 2. The topological polar surface area (TPSA) is 49.9 Å². The number of nitrogens with zero attached hydrogens (tertiary/aromatic N) is 2. The van der Waals surface area contributed by atoms with E-state index in [4.69, 9.17) is 16.3 Å². The van der Waals surface area contributed by atoms with E-state index in [0.29, 0.717) is 16.1 Å². The summed E-state index contributed by atoms with van der Waals surface area (Å²) < 4.78 is 33.6. The summed E-state index contributed by atoms with van der Waals surface area (Å²) in [5.41, 5.74) is 0.321. The molecule has 1 aliphatic heterocycles. The highest BCUT2D eigenvalue weighted by Gasteiger charge is 2.43. The monoisotopic (exact) mass is 400 g/mol. The van der Waals surface area contributed by atoms with Crippen LogP contribution in [0, 0.1) is 0 Å². The molecule has 0 N–H and O–H groups in total. The molecule has 1 saturated heterocycles. The van der Waals surface area contributed by atoms with Gasteiger partial charge < -0.3 is 4.74 Å². The number of hydrogen-bond acceptors (Lipinski definition) is 3. The molecule has 0 radical (unpaired) electrons. The van der Waals surface area contributed by atoms with Crippen LogP contribution in [0.3, 0.4) is 0 Å². The third-order valence-electron chi connectivity index (χ3n) is 3.94. The zero-order valence-electron chi connectivity index (χ0n) is 15.5. The van der Waals surface area contributed by atoms with Crippen molar-refractivity contribution in [3.05, 3.63) is 40.9 Å². The Morgan fingerprint density at radius 2 is 2.07 bits per heavy atom. The zero-order chi connectivity index (χ0) is 20.4. The first-order chi connectivity index (χ1) is 12.5. The molecule has 0 unspecified atom stereocenters. The second-order valence-corrected chi connectivity index (χ2v) is 7.87. The van der Waals surface area contributed by atoms with Gasteiger partial charge in [-0.1, -0.05) is 28.7 Å². The summed E-state index contributed by atoms with van der Waals surface area (Å²) in [4.78, 5) is 25.7. The highest BCUT2D eigenvalue weighted by atomic mass is 35.5. The maximum absolute atomic E-state index is 14.5. The molecule has 0 spiro atoms. The standard InChI is InChI=1S/C19H23ClF2N2O3/c1-5-12-6-13(8-14(20)7-12)10-24(22)17(25)16-9-15(21)11-23(16)18(26)27-19(2,3)4/h5-8,15-16H,1,9-11H2,2-4H3/t15-,16+/m1/s1. The first-order valence-electron chi connectivity index (χ1n) is 8.53. The Bertz CT molecular complexity index is 736. The molecule has 5 nitrogen and oxygen atoms in total. The molecule has 2 rings (SSSR count). The number of rotatable bonds is 4. The van der Waals surface area contributed by atoms with Crippen LogP contribution in [0.15, 0.2) is 24.8 Å². The summed E-state index contributed by atoms with van der Waals surface area (Å²) in [5, 5.41) is 0.349.